The largest absolute Gasteiger partial charge is 0.222 e. The van der Waals surface area contributed by atoms with Gasteiger partial charge in [-0.15, -0.1) is 0 Å². The highest BCUT2D eigenvalue weighted by molar-refractivity contribution is 9.11. The topological polar surface area (TPSA) is 34.1 Å². The lowest BCUT2D eigenvalue weighted by atomic mass is 9.98. The molecular weight excluding hydrogens is 424 g/mol. The Morgan fingerprint density at radius 2 is 1.54 bits per heavy atom. The van der Waals surface area contributed by atoms with E-state index in [4.69, 9.17) is 0 Å². The van der Waals surface area contributed by atoms with E-state index in [1.54, 1.807) is 12.1 Å². The highest BCUT2D eigenvalue weighted by atomic mass is 79.9. The maximum Gasteiger partial charge on any atom is 0.198 e. The number of hydrogen-bond acceptors (Lipinski definition) is 2. The third-order valence-corrected chi connectivity index (χ3v) is 11.0. The van der Waals surface area contributed by atoms with E-state index in [9.17, 15) is 8.42 Å². The van der Waals surface area contributed by atoms with E-state index in [2.05, 4.69) is 41.6 Å². The van der Waals surface area contributed by atoms with Crippen molar-refractivity contribution in [3.8, 4) is 0 Å². The van der Waals surface area contributed by atoms with Crippen molar-refractivity contribution in [3.63, 3.8) is 0 Å². The van der Waals surface area contributed by atoms with Gasteiger partial charge in [-0.1, -0.05) is 91.4 Å². The van der Waals surface area contributed by atoms with Gasteiger partial charge in [-0.05, 0) is 42.1 Å². The summed E-state index contributed by atoms with van der Waals surface area (Å²) >= 11 is 3.72. The van der Waals surface area contributed by atoms with Crippen molar-refractivity contribution in [1.82, 2.24) is 0 Å². The van der Waals surface area contributed by atoms with E-state index in [0.717, 1.165) is 22.7 Å². The summed E-state index contributed by atoms with van der Waals surface area (Å²) in [6.07, 6.45) is 0. The Balaban J connectivity index is 2.71. The molecule has 0 aromatic heterocycles. The number of benzene rings is 2. The number of hydrogen-bond donors (Lipinski definition) is 0. The molecule has 0 bridgehead atoms. The zero-order chi connectivity index (χ0) is 19.8. The Bertz CT molecular complexity index is 868. The van der Waals surface area contributed by atoms with E-state index in [0.29, 0.717) is 4.90 Å². The van der Waals surface area contributed by atoms with Gasteiger partial charge in [0.2, 0.25) is 0 Å². The number of sulfone groups is 1. The molecule has 0 spiro atoms. The molecule has 2 rings (SSSR count). The van der Waals surface area contributed by atoms with Gasteiger partial charge in [0.1, 0.15) is 0 Å². The first-order valence-electron chi connectivity index (χ1n) is 8.98. The average Bonchev–Trinajstić information content (AvgIpc) is 2.53. The lowest BCUT2D eigenvalue weighted by molar-refractivity contribution is 0.520. The van der Waals surface area contributed by atoms with Crippen LogP contribution in [0.25, 0.3) is 0 Å². The van der Waals surface area contributed by atoms with E-state index in [-0.39, 0.29) is 5.92 Å². The molecule has 1 unspecified atom stereocenters. The molecule has 0 radical (unpaired) electrons. The van der Waals surface area contributed by atoms with Crippen LogP contribution in [0, 0.1) is 12.8 Å². The molecule has 0 saturated heterocycles. The molecule has 0 saturated carbocycles. The predicted octanol–water partition coefficient (Wildman–Crippen LogP) is 6.09. The maximum absolute atomic E-state index is 13.7. The quantitative estimate of drug-likeness (QED) is 0.392. The summed E-state index contributed by atoms with van der Waals surface area (Å²) in [6.45, 7) is 12.8. The minimum atomic E-state index is -3.62. The van der Waals surface area contributed by atoms with Crippen LogP contribution in [-0.4, -0.2) is 16.5 Å². The Kier molecular flexibility index (Phi) is 6.26. The summed E-state index contributed by atoms with van der Waals surface area (Å²) in [6, 6.07) is 16.1. The highest BCUT2D eigenvalue weighted by Gasteiger charge is 2.48. The van der Waals surface area contributed by atoms with Crippen LogP contribution >= 0.6 is 15.9 Å². The summed E-state index contributed by atoms with van der Waals surface area (Å²) in [5.41, 5.74) is 3.05. The number of aryl methyl sites for hydroxylation is 1. The first-order valence-corrected chi connectivity index (χ1v) is 15.0. The van der Waals surface area contributed by atoms with Crippen LogP contribution in [0.1, 0.15) is 30.5 Å². The number of halogens is 1. The van der Waals surface area contributed by atoms with Gasteiger partial charge in [-0.25, -0.2) is 8.42 Å². The molecule has 0 aliphatic carbocycles. The molecule has 0 aliphatic rings. The van der Waals surface area contributed by atoms with Crippen molar-refractivity contribution in [1.29, 1.82) is 0 Å². The van der Waals surface area contributed by atoms with Crippen molar-refractivity contribution >= 4 is 33.8 Å². The SMILES string of the molecule is Cc1ccc(S(=O)(=O)C(Br)(c2ccccc2C[Si](C)(C)C)C(C)C)cc1. The zero-order valence-corrected chi connectivity index (χ0v) is 19.9. The fourth-order valence-corrected chi connectivity index (χ4v) is 7.58. The molecule has 26 heavy (non-hydrogen) atoms. The molecule has 142 valence electrons. The van der Waals surface area contributed by atoms with Gasteiger partial charge in [0, 0.05) is 8.07 Å². The maximum atomic E-state index is 13.7. The van der Waals surface area contributed by atoms with E-state index < -0.39 is 21.6 Å². The molecule has 2 aromatic carbocycles. The van der Waals surface area contributed by atoms with Gasteiger partial charge >= 0.3 is 0 Å². The first kappa shape index (κ1) is 21.4. The van der Waals surface area contributed by atoms with Crippen molar-refractivity contribution in [2.75, 3.05) is 0 Å². The second kappa shape index (κ2) is 7.61. The van der Waals surface area contributed by atoms with Crippen molar-refractivity contribution in [2.45, 2.75) is 55.0 Å². The molecule has 2 nitrogen and oxygen atoms in total. The molecule has 0 heterocycles. The molecule has 0 N–H and O–H groups in total. The van der Waals surface area contributed by atoms with Gasteiger partial charge < -0.3 is 0 Å². The second-order valence-electron chi connectivity index (χ2n) is 8.51. The van der Waals surface area contributed by atoms with Crippen molar-refractivity contribution < 1.29 is 8.42 Å². The van der Waals surface area contributed by atoms with Crippen molar-refractivity contribution in [2.24, 2.45) is 5.92 Å². The van der Waals surface area contributed by atoms with Gasteiger partial charge in [0.15, 0.2) is 13.5 Å². The summed E-state index contributed by atoms with van der Waals surface area (Å²) in [4.78, 5) is 0.358. The molecule has 2 aromatic rings. The lowest BCUT2D eigenvalue weighted by Crippen LogP contribution is -2.37. The van der Waals surface area contributed by atoms with Crippen LogP contribution in [0.3, 0.4) is 0 Å². The molecule has 5 heteroatoms. The molecular formula is C21H29BrO2SSi. The highest BCUT2D eigenvalue weighted by Crippen LogP contribution is 2.48. The van der Waals surface area contributed by atoms with Crippen LogP contribution in [-0.2, 0) is 19.5 Å². The number of rotatable bonds is 6. The summed E-state index contributed by atoms with van der Waals surface area (Å²) < 4.78 is 26.2. The Hall–Kier alpha value is -0.913. The Morgan fingerprint density at radius 3 is 2.04 bits per heavy atom. The van der Waals surface area contributed by atoms with Gasteiger partial charge in [-0.3, -0.25) is 0 Å². The molecule has 0 amide bonds. The smallest absolute Gasteiger partial charge is 0.198 e. The zero-order valence-electron chi connectivity index (χ0n) is 16.5. The van der Waals surface area contributed by atoms with Gasteiger partial charge in [-0.2, -0.15) is 0 Å². The summed E-state index contributed by atoms with van der Waals surface area (Å²) in [5.74, 6) is -0.128. The minimum Gasteiger partial charge on any atom is -0.222 e. The standard InChI is InChI=1S/C21H29BrO2SSi/c1-16(2)21(22,25(23,24)19-13-11-17(3)12-14-19)20-10-8-7-9-18(20)15-26(4,5)6/h7-14,16H,15H2,1-6H3. The number of alkyl halides is 1. The third-order valence-electron chi connectivity index (χ3n) is 4.57. The van der Waals surface area contributed by atoms with Crippen LogP contribution in [0.5, 0.6) is 0 Å². The predicted molar refractivity (Wildman–Crippen MR) is 117 cm³/mol. The van der Waals surface area contributed by atoms with Crippen LogP contribution in [0.15, 0.2) is 53.4 Å². The Labute approximate surface area is 168 Å². The van der Waals surface area contributed by atoms with Gasteiger partial charge in [0.25, 0.3) is 0 Å². The van der Waals surface area contributed by atoms with Crippen LogP contribution < -0.4 is 0 Å². The van der Waals surface area contributed by atoms with E-state index in [1.165, 1.54) is 0 Å². The molecule has 0 fully saturated rings. The second-order valence-corrected chi connectivity index (χ2v) is 17.9. The van der Waals surface area contributed by atoms with E-state index in [1.807, 2.05) is 51.1 Å². The Morgan fingerprint density at radius 1 is 1.00 bits per heavy atom. The average molecular weight is 454 g/mol. The third kappa shape index (κ3) is 4.15. The van der Waals surface area contributed by atoms with Gasteiger partial charge in [0.05, 0.1) is 4.90 Å². The minimum absolute atomic E-state index is 0.128. The normalized spacial score (nSPS) is 15.1. The molecule has 1 atom stereocenters. The fourth-order valence-electron chi connectivity index (χ4n) is 3.23. The lowest BCUT2D eigenvalue weighted by Gasteiger charge is -2.34. The van der Waals surface area contributed by atoms with Crippen LogP contribution in [0.2, 0.25) is 19.6 Å². The summed E-state index contributed by atoms with van der Waals surface area (Å²) in [7, 11) is -5.02. The first-order chi connectivity index (χ1) is 11.9. The van der Waals surface area contributed by atoms with Crippen molar-refractivity contribution in [3.05, 3.63) is 65.2 Å². The van der Waals surface area contributed by atoms with Crippen LogP contribution in [0.4, 0.5) is 0 Å². The van der Waals surface area contributed by atoms with E-state index >= 15 is 0 Å². The molecule has 0 aliphatic heterocycles. The fraction of sp³-hybridized carbons (Fsp3) is 0.429. The monoisotopic (exact) mass is 452 g/mol. The summed E-state index contributed by atoms with van der Waals surface area (Å²) in [5, 5.41) is 0.